The van der Waals surface area contributed by atoms with E-state index >= 15 is 0 Å². The Hall–Kier alpha value is -2.98. The van der Waals surface area contributed by atoms with E-state index < -0.39 is 11.4 Å². The minimum atomic E-state index is -0.603. The molecular weight excluding hydrogens is 717 g/mol. The molecule has 1 aromatic carbocycles. The Morgan fingerprint density at radius 2 is 1.67 bits per heavy atom. The molecule has 8 nitrogen and oxygen atoms in total. The van der Waals surface area contributed by atoms with Gasteiger partial charge in [-0.25, -0.2) is 4.79 Å². The molecule has 54 heavy (non-hydrogen) atoms. The highest BCUT2D eigenvalue weighted by atomic mass is 32.2. The van der Waals surface area contributed by atoms with Gasteiger partial charge in [-0.1, -0.05) is 101 Å². The van der Waals surface area contributed by atoms with Gasteiger partial charge in [0.2, 0.25) is 0 Å². The number of carbonyl (C=O) groups is 3. The molecule has 4 saturated carbocycles. The molecule has 0 radical (unpaired) electrons. The number of oxime groups is 1. The quantitative estimate of drug-likeness (QED) is 0.0705. The average Bonchev–Trinajstić information content (AvgIpc) is 3.38. The molecule has 10 heteroatoms. The van der Waals surface area contributed by atoms with Gasteiger partial charge in [0.05, 0.1) is 30.3 Å². The lowest BCUT2D eigenvalue weighted by atomic mass is 9.33. The molecule has 1 heterocycles. The Morgan fingerprint density at radius 1 is 0.963 bits per heavy atom. The molecule has 7 rings (SSSR count). The highest BCUT2D eigenvalue weighted by Crippen LogP contribution is 2.75. The van der Waals surface area contributed by atoms with E-state index in [1.165, 1.54) is 22.2 Å². The van der Waals surface area contributed by atoms with Crippen molar-refractivity contribution in [2.45, 2.75) is 113 Å². The first-order valence-corrected chi connectivity index (χ1v) is 21.0. The van der Waals surface area contributed by atoms with Crippen molar-refractivity contribution in [1.82, 2.24) is 4.90 Å². The van der Waals surface area contributed by atoms with Crippen molar-refractivity contribution < 1.29 is 28.7 Å². The van der Waals surface area contributed by atoms with E-state index in [1.807, 2.05) is 24.3 Å². The number of fused-ring (bicyclic) bond motifs is 7. The maximum Gasteiger partial charge on any atom is 0.354 e. The molecule has 1 amide bonds. The second-order valence-electron chi connectivity index (χ2n) is 19.1. The first-order valence-electron chi connectivity index (χ1n) is 19.8. The standard InChI is InChI=1S/C44H58N2O6S2/c1-39(2)20-22-44(37(49)51-9)23-21-42(6)29(30(44)25-39)14-15-33-41(5)18-17-34(40(3,4)32(41)16-19-43(33,42)7)45-52-35(47)26-46-36(48)31(54-38(46)53)24-27-10-12-28(50-8)13-11-27/h10-14,24,30,32-33H,15-23,25-26H2,1-9H3/b31-24-,45-34-/t30-,32-,33+,41-,42+,43+,44-/m0/s1. The van der Waals surface area contributed by atoms with Crippen LogP contribution in [0.3, 0.4) is 0 Å². The summed E-state index contributed by atoms with van der Waals surface area (Å²) in [5, 5.41) is 4.54. The summed E-state index contributed by atoms with van der Waals surface area (Å²) >= 11 is 6.67. The highest BCUT2D eigenvalue weighted by molar-refractivity contribution is 8.26. The largest absolute Gasteiger partial charge is 0.497 e. The van der Waals surface area contributed by atoms with E-state index in [0.29, 0.717) is 21.1 Å². The van der Waals surface area contributed by atoms with Gasteiger partial charge in [0.15, 0.2) is 0 Å². The van der Waals surface area contributed by atoms with E-state index in [2.05, 4.69) is 59.7 Å². The summed E-state index contributed by atoms with van der Waals surface area (Å²) in [7, 11) is 3.18. The molecule has 0 bridgehead atoms. The smallest absolute Gasteiger partial charge is 0.354 e. The van der Waals surface area contributed by atoms with Crippen molar-refractivity contribution in [1.29, 1.82) is 0 Å². The monoisotopic (exact) mass is 774 g/mol. The van der Waals surface area contributed by atoms with Crippen molar-refractivity contribution in [2.75, 3.05) is 20.8 Å². The number of benzene rings is 1. The maximum absolute atomic E-state index is 13.6. The summed E-state index contributed by atoms with van der Waals surface area (Å²) < 4.78 is 11.1. The van der Waals surface area contributed by atoms with Crippen molar-refractivity contribution in [3.8, 4) is 5.75 Å². The van der Waals surface area contributed by atoms with Crippen LogP contribution in [0.5, 0.6) is 5.75 Å². The number of amides is 1. The van der Waals surface area contributed by atoms with Gasteiger partial charge in [-0.15, -0.1) is 0 Å². The Bertz CT molecular complexity index is 1850. The van der Waals surface area contributed by atoms with Crippen LogP contribution in [0.15, 0.2) is 46.0 Å². The zero-order chi connectivity index (χ0) is 39.1. The number of thioether (sulfide) groups is 1. The first kappa shape index (κ1) is 39.3. The second-order valence-corrected chi connectivity index (χ2v) is 20.8. The first-order chi connectivity index (χ1) is 25.3. The van der Waals surface area contributed by atoms with Crippen molar-refractivity contribution in [3.05, 3.63) is 46.4 Å². The van der Waals surface area contributed by atoms with Crippen molar-refractivity contribution in [3.63, 3.8) is 0 Å². The Labute approximate surface area is 331 Å². The van der Waals surface area contributed by atoms with Crippen LogP contribution in [0.25, 0.3) is 6.08 Å². The van der Waals surface area contributed by atoms with Crippen molar-refractivity contribution >= 4 is 57.9 Å². The molecule has 7 atom stereocenters. The number of allylic oxidation sites excluding steroid dienone is 2. The number of hydrogen-bond donors (Lipinski definition) is 0. The molecule has 0 N–H and O–H groups in total. The molecule has 1 aromatic rings. The third kappa shape index (κ3) is 6.02. The van der Waals surface area contributed by atoms with Gasteiger partial charge < -0.3 is 14.3 Å². The summed E-state index contributed by atoms with van der Waals surface area (Å²) in [6.45, 7) is 16.6. The lowest BCUT2D eigenvalue weighted by molar-refractivity contribution is -0.181. The van der Waals surface area contributed by atoms with Gasteiger partial charge in [0.1, 0.15) is 16.6 Å². The van der Waals surface area contributed by atoms with Crippen molar-refractivity contribution in [2.24, 2.45) is 55.4 Å². The predicted molar refractivity (Wildman–Crippen MR) is 217 cm³/mol. The Kier molecular flexibility index (Phi) is 9.89. The van der Waals surface area contributed by atoms with E-state index in [-0.39, 0.29) is 51.4 Å². The number of ether oxygens (including phenoxy) is 2. The zero-order valence-electron chi connectivity index (χ0n) is 33.6. The minimum Gasteiger partial charge on any atom is -0.497 e. The van der Waals surface area contributed by atoms with E-state index in [4.69, 9.17) is 26.5 Å². The molecular formula is C44H58N2O6S2. The van der Waals surface area contributed by atoms with Crippen LogP contribution in [0.2, 0.25) is 0 Å². The maximum atomic E-state index is 13.6. The molecule has 5 aliphatic carbocycles. The summed E-state index contributed by atoms with van der Waals surface area (Å²) in [5.74, 6) is 0.894. The van der Waals surface area contributed by atoms with Crippen LogP contribution < -0.4 is 4.74 Å². The summed E-state index contributed by atoms with van der Waals surface area (Å²) in [6, 6.07) is 7.39. The molecule has 1 saturated heterocycles. The van der Waals surface area contributed by atoms with Crippen LogP contribution >= 0.6 is 24.0 Å². The fraction of sp³-hybridized carbons (Fsp3) is 0.659. The SMILES string of the molecule is COC(=O)[C@]12CCC(C)(C)C[C@H]1C1=CC[C@@H]3[C@@]4(C)CC/C(=N/OC(=O)CN5C(=O)/C(=C/c6ccc(OC)cc6)SC5=S)C(C)(C)[C@@H]4CC[C@@]3(C)[C@]1(C)CC2. The molecule has 292 valence electrons. The number of methoxy groups -OCH3 is 2. The zero-order valence-corrected chi connectivity index (χ0v) is 35.3. The van der Waals surface area contributed by atoms with Gasteiger partial charge in [-0.2, -0.15) is 0 Å². The third-order valence-corrected chi connectivity index (χ3v) is 17.2. The van der Waals surface area contributed by atoms with E-state index in [0.717, 1.165) is 81.2 Å². The van der Waals surface area contributed by atoms with Crippen LogP contribution in [-0.2, 0) is 24.0 Å². The van der Waals surface area contributed by atoms with Crippen LogP contribution in [-0.4, -0.2) is 53.5 Å². The fourth-order valence-electron chi connectivity index (χ4n) is 12.5. The number of nitrogens with zero attached hydrogens (tertiary/aromatic N) is 2. The number of esters is 1. The molecule has 0 spiro atoms. The van der Waals surface area contributed by atoms with Crippen LogP contribution in [0.1, 0.15) is 118 Å². The van der Waals surface area contributed by atoms with E-state index in [9.17, 15) is 14.4 Å². The van der Waals surface area contributed by atoms with E-state index in [1.54, 1.807) is 20.3 Å². The van der Waals surface area contributed by atoms with Gasteiger partial charge >= 0.3 is 11.9 Å². The number of rotatable bonds is 6. The molecule has 0 aromatic heterocycles. The summed E-state index contributed by atoms with van der Waals surface area (Å²) in [4.78, 5) is 47.4. The molecule has 5 fully saturated rings. The normalized spacial score (nSPS) is 38.1. The van der Waals surface area contributed by atoms with Crippen LogP contribution in [0.4, 0.5) is 0 Å². The minimum absolute atomic E-state index is 0.00427. The summed E-state index contributed by atoms with van der Waals surface area (Å²) in [5.41, 5.74) is 3.00. The van der Waals surface area contributed by atoms with Crippen LogP contribution in [0, 0.1) is 50.2 Å². The second kappa shape index (κ2) is 13.6. The van der Waals surface area contributed by atoms with Gasteiger partial charge in [0.25, 0.3) is 5.91 Å². The predicted octanol–water partition coefficient (Wildman–Crippen LogP) is 9.77. The molecule has 0 unspecified atom stereocenters. The average molecular weight is 775 g/mol. The van der Waals surface area contributed by atoms with Gasteiger partial charge in [-0.05, 0) is 127 Å². The van der Waals surface area contributed by atoms with Gasteiger partial charge in [0, 0.05) is 5.41 Å². The topological polar surface area (TPSA) is 94.5 Å². The fourth-order valence-corrected chi connectivity index (χ4v) is 13.8. The Morgan fingerprint density at radius 3 is 2.35 bits per heavy atom. The Balaban J connectivity index is 1.07. The number of thiocarbonyl (C=S) groups is 1. The molecule has 1 aliphatic heterocycles. The highest BCUT2D eigenvalue weighted by Gasteiger charge is 2.69. The lowest BCUT2D eigenvalue weighted by Crippen LogP contribution is -2.64. The van der Waals surface area contributed by atoms with Gasteiger partial charge in [-0.3, -0.25) is 14.5 Å². The number of carbonyl (C=O) groups excluding carboxylic acids is 3. The lowest BCUT2D eigenvalue weighted by Gasteiger charge is -2.70. The third-order valence-electron chi connectivity index (χ3n) is 15.8. The molecule has 6 aliphatic rings. The number of hydrogen-bond acceptors (Lipinski definition) is 9. The summed E-state index contributed by atoms with van der Waals surface area (Å²) in [6.07, 6.45) is 14.2.